The van der Waals surface area contributed by atoms with Crippen LogP contribution in [0.25, 0.3) is 0 Å². The van der Waals surface area contributed by atoms with E-state index in [0.717, 1.165) is 17.5 Å². The lowest BCUT2D eigenvalue weighted by Gasteiger charge is -2.10. The van der Waals surface area contributed by atoms with E-state index in [2.05, 4.69) is 17.5 Å². The molecule has 132 valence electrons. The summed E-state index contributed by atoms with van der Waals surface area (Å²) in [6.07, 6.45) is 0.969. The minimum Gasteiger partial charge on any atom is -0.496 e. The van der Waals surface area contributed by atoms with Gasteiger partial charge in [0.1, 0.15) is 11.5 Å². The Morgan fingerprint density at radius 3 is 2.52 bits per heavy atom. The first-order valence-corrected chi connectivity index (χ1v) is 8.23. The van der Waals surface area contributed by atoms with Crippen molar-refractivity contribution in [2.45, 2.75) is 27.2 Å². The molecule has 2 aromatic rings. The molecule has 0 unspecified atom stereocenters. The lowest BCUT2D eigenvalue weighted by atomic mass is 10.1. The summed E-state index contributed by atoms with van der Waals surface area (Å²) in [5, 5.41) is 4.14. The summed E-state index contributed by atoms with van der Waals surface area (Å²) < 4.78 is 10.8. The highest BCUT2D eigenvalue weighted by Gasteiger charge is 2.08. The van der Waals surface area contributed by atoms with E-state index in [1.165, 1.54) is 5.56 Å². The normalized spacial score (nSPS) is 11.1. The number of hydrogen-bond acceptors (Lipinski definition) is 4. The van der Waals surface area contributed by atoms with Gasteiger partial charge in [0.15, 0.2) is 6.61 Å². The molecule has 0 atom stereocenters. The van der Waals surface area contributed by atoms with Crippen molar-refractivity contribution in [3.05, 3.63) is 59.2 Å². The molecule has 2 rings (SSSR count). The lowest BCUT2D eigenvalue weighted by molar-refractivity contribution is -0.123. The number of rotatable bonds is 7. The Balaban J connectivity index is 1.93. The number of ether oxygens (including phenoxy) is 2. The van der Waals surface area contributed by atoms with Crippen molar-refractivity contribution in [3.8, 4) is 11.5 Å². The summed E-state index contributed by atoms with van der Waals surface area (Å²) in [5.41, 5.74) is 6.35. The Bertz CT molecular complexity index is 752. The third kappa shape index (κ3) is 5.35. The average molecular weight is 340 g/mol. The quantitative estimate of drug-likeness (QED) is 0.620. The second-order valence-electron chi connectivity index (χ2n) is 5.72. The fourth-order valence-corrected chi connectivity index (χ4v) is 2.31. The molecule has 0 radical (unpaired) electrons. The summed E-state index contributed by atoms with van der Waals surface area (Å²) >= 11 is 0. The first-order valence-electron chi connectivity index (χ1n) is 8.23. The van der Waals surface area contributed by atoms with Gasteiger partial charge < -0.3 is 9.47 Å². The minimum atomic E-state index is -0.314. The van der Waals surface area contributed by atoms with Crippen LogP contribution >= 0.6 is 0 Å². The van der Waals surface area contributed by atoms with Crippen LogP contribution in [0.15, 0.2) is 47.6 Å². The third-order valence-corrected chi connectivity index (χ3v) is 3.79. The molecule has 0 bridgehead atoms. The van der Waals surface area contributed by atoms with Crippen LogP contribution in [0.1, 0.15) is 30.5 Å². The van der Waals surface area contributed by atoms with Crippen molar-refractivity contribution in [1.29, 1.82) is 0 Å². The molecule has 5 heteroatoms. The monoisotopic (exact) mass is 340 g/mol. The molecule has 0 heterocycles. The SMILES string of the molecule is CCc1ccc(OCC(=O)N/N=C(/C)c2cc(C)ccc2OC)cc1. The summed E-state index contributed by atoms with van der Waals surface area (Å²) in [7, 11) is 1.61. The van der Waals surface area contributed by atoms with E-state index in [1.54, 1.807) is 7.11 Å². The number of carbonyl (C=O) groups excluding carboxylic acids is 1. The predicted octanol–water partition coefficient (Wildman–Crippen LogP) is 3.49. The lowest BCUT2D eigenvalue weighted by Crippen LogP contribution is -2.25. The second kappa shape index (κ2) is 8.87. The number of benzene rings is 2. The van der Waals surface area contributed by atoms with Crippen LogP contribution in [-0.4, -0.2) is 25.3 Å². The van der Waals surface area contributed by atoms with Gasteiger partial charge in [0.25, 0.3) is 5.91 Å². The van der Waals surface area contributed by atoms with Crippen molar-refractivity contribution in [2.24, 2.45) is 5.10 Å². The molecular formula is C20H24N2O3. The molecule has 0 saturated heterocycles. The number of aryl methyl sites for hydroxylation is 2. The zero-order valence-electron chi connectivity index (χ0n) is 15.1. The van der Waals surface area contributed by atoms with E-state index in [9.17, 15) is 4.79 Å². The average Bonchev–Trinajstić information content (AvgIpc) is 2.64. The molecule has 5 nitrogen and oxygen atoms in total. The van der Waals surface area contributed by atoms with E-state index >= 15 is 0 Å². The molecule has 0 aliphatic heterocycles. The number of hydrazone groups is 1. The van der Waals surface area contributed by atoms with E-state index in [1.807, 2.05) is 56.3 Å². The smallest absolute Gasteiger partial charge is 0.277 e. The van der Waals surface area contributed by atoms with E-state index < -0.39 is 0 Å². The Morgan fingerprint density at radius 1 is 1.16 bits per heavy atom. The van der Waals surface area contributed by atoms with E-state index in [4.69, 9.17) is 9.47 Å². The van der Waals surface area contributed by atoms with Crippen LogP contribution in [0.5, 0.6) is 11.5 Å². The Morgan fingerprint density at radius 2 is 1.88 bits per heavy atom. The van der Waals surface area contributed by atoms with Gasteiger partial charge in [-0.1, -0.05) is 30.7 Å². The van der Waals surface area contributed by atoms with Crippen LogP contribution in [-0.2, 0) is 11.2 Å². The largest absolute Gasteiger partial charge is 0.496 e. The summed E-state index contributed by atoms with van der Waals surface area (Å²) in [6.45, 7) is 5.81. The van der Waals surface area contributed by atoms with Crippen LogP contribution in [0, 0.1) is 6.92 Å². The summed E-state index contributed by atoms with van der Waals surface area (Å²) in [5.74, 6) is 1.06. The number of amides is 1. The van der Waals surface area contributed by atoms with Gasteiger partial charge >= 0.3 is 0 Å². The van der Waals surface area contributed by atoms with Gasteiger partial charge in [-0.2, -0.15) is 5.10 Å². The van der Waals surface area contributed by atoms with Gasteiger partial charge in [0.05, 0.1) is 12.8 Å². The molecule has 0 fully saturated rings. The number of nitrogens with zero attached hydrogens (tertiary/aromatic N) is 1. The molecule has 1 amide bonds. The van der Waals surface area contributed by atoms with Gasteiger partial charge in [-0.25, -0.2) is 5.43 Å². The van der Waals surface area contributed by atoms with E-state index in [-0.39, 0.29) is 12.5 Å². The van der Waals surface area contributed by atoms with Crippen LogP contribution in [0.3, 0.4) is 0 Å². The van der Waals surface area contributed by atoms with Crippen LogP contribution in [0.2, 0.25) is 0 Å². The maximum Gasteiger partial charge on any atom is 0.277 e. The van der Waals surface area contributed by atoms with Gasteiger partial charge in [-0.15, -0.1) is 0 Å². The number of hydrogen-bond donors (Lipinski definition) is 1. The number of carbonyl (C=O) groups is 1. The van der Waals surface area contributed by atoms with Crippen molar-refractivity contribution in [2.75, 3.05) is 13.7 Å². The Labute approximate surface area is 148 Å². The topological polar surface area (TPSA) is 59.9 Å². The number of nitrogens with one attached hydrogen (secondary N) is 1. The summed E-state index contributed by atoms with van der Waals surface area (Å²) in [4.78, 5) is 11.9. The highest BCUT2D eigenvalue weighted by molar-refractivity contribution is 6.01. The maximum atomic E-state index is 11.9. The molecule has 0 aliphatic carbocycles. The molecular weight excluding hydrogens is 316 g/mol. The highest BCUT2D eigenvalue weighted by atomic mass is 16.5. The Hall–Kier alpha value is -2.82. The standard InChI is InChI=1S/C20H24N2O3/c1-5-16-7-9-17(10-8-16)25-13-20(23)22-21-15(3)18-12-14(2)6-11-19(18)24-4/h6-12H,5,13H2,1-4H3,(H,22,23)/b21-15-. The van der Waals surface area contributed by atoms with Gasteiger partial charge in [-0.3, -0.25) is 4.79 Å². The molecule has 1 N–H and O–H groups in total. The maximum absolute atomic E-state index is 11.9. The van der Waals surface area contributed by atoms with Crippen molar-refractivity contribution in [3.63, 3.8) is 0 Å². The molecule has 0 aliphatic rings. The van der Waals surface area contributed by atoms with Gasteiger partial charge in [0.2, 0.25) is 0 Å². The zero-order chi connectivity index (χ0) is 18.2. The zero-order valence-corrected chi connectivity index (χ0v) is 15.1. The third-order valence-electron chi connectivity index (χ3n) is 3.79. The van der Waals surface area contributed by atoms with E-state index in [0.29, 0.717) is 17.2 Å². The number of methoxy groups -OCH3 is 1. The predicted molar refractivity (Wildman–Crippen MR) is 99.4 cm³/mol. The summed E-state index contributed by atoms with van der Waals surface area (Å²) in [6, 6.07) is 13.5. The van der Waals surface area contributed by atoms with Gasteiger partial charge in [-0.05, 0) is 50.1 Å². The van der Waals surface area contributed by atoms with Gasteiger partial charge in [0, 0.05) is 5.56 Å². The molecule has 25 heavy (non-hydrogen) atoms. The second-order valence-corrected chi connectivity index (χ2v) is 5.72. The first kappa shape index (κ1) is 18.5. The van der Waals surface area contributed by atoms with Crippen molar-refractivity contribution < 1.29 is 14.3 Å². The fraction of sp³-hybridized carbons (Fsp3) is 0.300. The van der Waals surface area contributed by atoms with Crippen molar-refractivity contribution >= 4 is 11.6 Å². The molecule has 0 aromatic heterocycles. The van der Waals surface area contributed by atoms with Crippen LogP contribution < -0.4 is 14.9 Å². The molecule has 0 spiro atoms. The Kier molecular flexibility index (Phi) is 6.57. The highest BCUT2D eigenvalue weighted by Crippen LogP contribution is 2.20. The first-order chi connectivity index (χ1) is 12.0. The minimum absolute atomic E-state index is 0.0901. The molecule has 0 saturated carbocycles. The van der Waals surface area contributed by atoms with Crippen LogP contribution in [0.4, 0.5) is 0 Å². The fourth-order valence-electron chi connectivity index (χ4n) is 2.31. The molecule has 2 aromatic carbocycles. The van der Waals surface area contributed by atoms with Crippen molar-refractivity contribution in [1.82, 2.24) is 5.43 Å².